The highest BCUT2D eigenvalue weighted by Gasteiger charge is 2.43. The van der Waals surface area contributed by atoms with Crippen LogP contribution in [-0.2, 0) is 4.79 Å². The molecule has 12 heavy (non-hydrogen) atoms. The maximum atomic E-state index is 12.0. The van der Waals surface area contributed by atoms with Crippen LogP contribution in [0.3, 0.4) is 0 Å². The Morgan fingerprint density at radius 3 is 2.33 bits per heavy atom. The predicted molar refractivity (Wildman–Crippen MR) is 62.2 cm³/mol. The Morgan fingerprint density at radius 2 is 1.92 bits per heavy atom. The average Bonchev–Trinajstić information content (AvgIpc) is 2.00. The van der Waals surface area contributed by atoms with E-state index in [1.807, 2.05) is 0 Å². The Hall–Kier alpha value is 0.270. The van der Waals surface area contributed by atoms with Crippen molar-refractivity contribution in [3.8, 4) is 0 Å². The molecule has 0 bridgehead atoms. The highest BCUT2D eigenvalue weighted by molar-refractivity contribution is 14.2. The number of hydrogen-bond donors (Lipinski definition) is 0. The number of hydrogen-bond acceptors (Lipinski definition) is 1. The number of carbonyl (C=O) groups is 1. The molecule has 0 saturated heterocycles. The first kappa shape index (κ1) is 10.4. The van der Waals surface area contributed by atoms with Gasteiger partial charge in [-0.25, -0.2) is 0 Å². The van der Waals surface area contributed by atoms with Gasteiger partial charge in [0.1, 0.15) is 0 Å². The minimum atomic E-state index is -0.197. The summed E-state index contributed by atoms with van der Waals surface area (Å²) in [5.74, 6) is 0.462. The van der Waals surface area contributed by atoms with E-state index in [4.69, 9.17) is 0 Å². The van der Waals surface area contributed by atoms with E-state index < -0.39 is 0 Å². The fraction of sp³-hybridized carbons (Fsp3) is 0.800. The van der Waals surface area contributed by atoms with Crippen molar-refractivity contribution in [2.24, 2.45) is 5.41 Å². The number of rotatable bonds is 1. The first-order valence-corrected chi connectivity index (χ1v) is 6.97. The molecule has 2 heteroatoms. The van der Waals surface area contributed by atoms with Crippen molar-refractivity contribution in [2.45, 2.75) is 43.5 Å². The molecule has 1 rings (SSSR count). The van der Waals surface area contributed by atoms with Gasteiger partial charge < -0.3 is 0 Å². The lowest BCUT2D eigenvalue weighted by Crippen LogP contribution is -2.43. The van der Waals surface area contributed by atoms with Gasteiger partial charge in [-0.3, -0.25) is 4.79 Å². The molecule has 0 spiro atoms. The first-order chi connectivity index (χ1) is 5.42. The van der Waals surface area contributed by atoms with E-state index in [2.05, 4.69) is 25.3 Å². The van der Waals surface area contributed by atoms with Gasteiger partial charge in [0, 0.05) is 5.41 Å². The van der Waals surface area contributed by atoms with E-state index >= 15 is 0 Å². The third kappa shape index (κ3) is 1.63. The van der Waals surface area contributed by atoms with E-state index in [9.17, 15) is 4.79 Å². The zero-order chi connectivity index (χ0) is 9.41. The van der Waals surface area contributed by atoms with Crippen LogP contribution >= 0.6 is 20.7 Å². The number of alkyl halides is 1. The molecule has 0 N–H and O–H groups in total. The highest BCUT2D eigenvalue weighted by atomic mass is 127. The molecule has 1 fully saturated rings. The lowest BCUT2D eigenvalue weighted by Gasteiger charge is -2.38. The minimum absolute atomic E-state index is 0.0272. The van der Waals surface area contributed by atoms with Crippen LogP contribution < -0.4 is 0 Å². The van der Waals surface area contributed by atoms with Crippen molar-refractivity contribution < 1.29 is 4.79 Å². The molecule has 1 saturated carbocycles. The second-order valence-corrected chi connectivity index (χ2v) is 7.54. The van der Waals surface area contributed by atoms with Gasteiger partial charge in [0.15, 0.2) is 5.78 Å². The fourth-order valence-electron chi connectivity index (χ4n) is 1.92. The Labute approximate surface area is 84.7 Å². The first-order valence-electron chi connectivity index (χ1n) is 4.37. The molecule has 0 aromatic rings. The van der Waals surface area contributed by atoms with Gasteiger partial charge in [-0.05, 0) is 19.8 Å². The molecule has 1 unspecified atom stereocenters. The zero-order valence-electron chi connectivity index (χ0n) is 8.11. The van der Waals surface area contributed by atoms with Crippen LogP contribution in [0.5, 0.6) is 0 Å². The van der Waals surface area contributed by atoms with Crippen LogP contribution in [0.4, 0.5) is 0 Å². The molecule has 1 nitrogen and oxygen atoms in total. The topological polar surface area (TPSA) is 17.1 Å². The summed E-state index contributed by atoms with van der Waals surface area (Å²) < 4.78 is 3.96. The number of halogens is 1. The standard InChI is InChI=1S/C10H17IO/c1-9(2)6-5-7-10(3,11-4)8(9)12/h4-7H2,1-3H3. The molecule has 0 aromatic carbocycles. The molecule has 1 aliphatic rings. The molecular weight excluding hydrogens is 263 g/mol. The van der Waals surface area contributed by atoms with E-state index in [0.29, 0.717) is 5.78 Å². The Kier molecular flexibility index (Phi) is 2.76. The molecule has 0 aliphatic heterocycles. The van der Waals surface area contributed by atoms with Gasteiger partial charge >= 0.3 is 0 Å². The number of Topliss-reactive ketones (excluding diaryl/α,β-unsaturated/α-hetero) is 1. The second kappa shape index (κ2) is 3.20. The minimum Gasteiger partial charge on any atom is -0.298 e. The van der Waals surface area contributed by atoms with Gasteiger partial charge in [0.25, 0.3) is 0 Å². The van der Waals surface area contributed by atoms with Crippen LogP contribution in [-0.4, -0.2) is 13.7 Å². The summed E-state index contributed by atoms with van der Waals surface area (Å²) in [6, 6.07) is 0. The summed E-state index contributed by atoms with van der Waals surface area (Å²) >= 11 is -0.197. The summed E-state index contributed by atoms with van der Waals surface area (Å²) in [6.45, 7) is 6.26. The third-order valence-electron chi connectivity index (χ3n) is 2.83. The maximum absolute atomic E-state index is 12.0. The van der Waals surface area contributed by atoms with Gasteiger partial charge in [-0.15, -0.1) is 20.7 Å². The van der Waals surface area contributed by atoms with Crippen LogP contribution in [0.25, 0.3) is 0 Å². The van der Waals surface area contributed by atoms with E-state index in [1.54, 1.807) is 0 Å². The lowest BCUT2D eigenvalue weighted by atomic mass is 9.72. The average molecular weight is 280 g/mol. The van der Waals surface area contributed by atoms with E-state index in [-0.39, 0.29) is 29.6 Å². The summed E-state index contributed by atoms with van der Waals surface area (Å²) in [4.78, 5) is 12.0. The maximum Gasteiger partial charge on any atom is 0.153 e. The van der Waals surface area contributed by atoms with Crippen molar-refractivity contribution in [1.29, 1.82) is 0 Å². The lowest BCUT2D eigenvalue weighted by molar-refractivity contribution is -0.131. The Bertz CT molecular complexity index is 220. The quantitative estimate of drug-likeness (QED) is 0.533. The number of ketones is 1. The van der Waals surface area contributed by atoms with E-state index in [0.717, 1.165) is 12.8 Å². The van der Waals surface area contributed by atoms with E-state index in [1.165, 1.54) is 6.42 Å². The Balaban J connectivity index is 2.94. The van der Waals surface area contributed by atoms with Crippen molar-refractivity contribution in [3.05, 3.63) is 0 Å². The molecular formula is C10H17IO. The normalized spacial score (nSPS) is 35.1. The van der Waals surface area contributed by atoms with Gasteiger partial charge in [0.2, 0.25) is 0 Å². The van der Waals surface area contributed by atoms with Crippen LogP contribution in [0, 0.1) is 5.41 Å². The predicted octanol–water partition coefficient (Wildman–Crippen LogP) is 2.93. The molecule has 1 aliphatic carbocycles. The van der Waals surface area contributed by atoms with Crippen LogP contribution in [0.15, 0.2) is 0 Å². The van der Waals surface area contributed by atoms with Crippen molar-refractivity contribution in [3.63, 3.8) is 0 Å². The van der Waals surface area contributed by atoms with Crippen LogP contribution in [0.2, 0.25) is 0 Å². The monoisotopic (exact) mass is 280 g/mol. The summed E-state index contributed by atoms with van der Waals surface area (Å²) in [6.07, 6.45) is 3.34. The third-order valence-corrected chi connectivity index (χ3v) is 5.54. The fourth-order valence-corrected chi connectivity index (χ4v) is 3.76. The molecule has 0 amide bonds. The smallest absolute Gasteiger partial charge is 0.153 e. The molecule has 0 aromatic heterocycles. The molecule has 0 radical (unpaired) electrons. The Morgan fingerprint density at radius 1 is 1.33 bits per heavy atom. The SMILES string of the molecule is C=IC1(C)CCCC(C)(C)C1=O. The van der Waals surface area contributed by atoms with Gasteiger partial charge in [0.05, 0.1) is 3.42 Å². The molecule has 0 heterocycles. The summed E-state index contributed by atoms with van der Waals surface area (Å²) in [7, 11) is 0. The second-order valence-electron chi connectivity index (χ2n) is 4.40. The number of carbonyl (C=O) groups excluding carboxylic acids is 1. The van der Waals surface area contributed by atoms with Crippen LogP contribution in [0.1, 0.15) is 40.0 Å². The molecule has 1 atom stereocenters. The highest BCUT2D eigenvalue weighted by Crippen LogP contribution is 2.44. The van der Waals surface area contributed by atoms with Crippen molar-refractivity contribution in [1.82, 2.24) is 0 Å². The zero-order valence-corrected chi connectivity index (χ0v) is 10.3. The van der Waals surface area contributed by atoms with Gasteiger partial charge in [-0.2, -0.15) is 0 Å². The largest absolute Gasteiger partial charge is 0.298 e. The molecule has 70 valence electrons. The summed E-state index contributed by atoms with van der Waals surface area (Å²) in [5.41, 5.74) is -0.0790. The summed E-state index contributed by atoms with van der Waals surface area (Å²) in [5, 5.41) is 0. The van der Waals surface area contributed by atoms with Gasteiger partial charge in [-0.1, -0.05) is 24.8 Å². The van der Waals surface area contributed by atoms with Crippen molar-refractivity contribution in [2.75, 3.05) is 0 Å². The van der Waals surface area contributed by atoms with Crippen molar-refractivity contribution >= 4 is 31.0 Å².